The van der Waals surface area contributed by atoms with Gasteiger partial charge in [-0.25, -0.2) is 9.98 Å². The van der Waals surface area contributed by atoms with Gasteiger partial charge in [0.05, 0.1) is 25.9 Å². The smallest absolute Gasteiger partial charge is 0.218 e. The van der Waals surface area contributed by atoms with Crippen molar-refractivity contribution in [3.8, 4) is 11.6 Å². The SMILES string of the molecule is CCNC(=NCc1cccnc1OCCOC)N1CCN(c2ccccc2OC)CC1.I. The third kappa shape index (κ3) is 7.13. The summed E-state index contributed by atoms with van der Waals surface area (Å²) in [6, 6.07) is 12.1. The molecule has 9 heteroatoms. The fourth-order valence-electron chi connectivity index (χ4n) is 3.53. The second-order valence-corrected chi connectivity index (χ2v) is 7.13. The number of aromatic nitrogens is 1. The monoisotopic (exact) mass is 555 g/mol. The summed E-state index contributed by atoms with van der Waals surface area (Å²) in [5.74, 6) is 2.43. The molecule has 2 heterocycles. The van der Waals surface area contributed by atoms with E-state index in [4.69, 9.17) is 19.2 Å². The van der Waals surface area contributed by atoms with Crippen LogP contribution in [0.5, 0.6) is 11.6 Å². The third-order valence-electron chi connectivity index (χ3n) is 5.12. The van der Waals surface area contributed by atoms with E-state index in [0.717, 1.165) is 55.7 Å². The number of guanidine groups is 1. The van der Waals surface area contributed by atoms with Crippen LogP contribution >= 0.6 is 24.0 Å². The number of halogens is 1. The van der Waals surface area contributed by atoms with Gasteiger partial charge in [-0.15, -0.1) is 24.0 Å². The molecule has 176 valence electrons. The summed E-state index contributed by atoms with van der Waals surface area (Å²) in [5, 5.41) is 3.42. The number of nitrogens with zero attached hydrogens (tertiary/aromatic N) is 4. The molecule has 1 N–H and O–H groups in total. The molecule has 1 aliphatic heterocycles. The summed E-state index contributed by atoms with van der Waals surface area (Å²) in [5.41, 5.74) is 2.10. The average Bonchev–Trinajstić information content (AvgIpc) is 2.83. The molecule has 0 atom stereocenters. The molecular formula is C23H34IN5O3. The topological polar surface area (TPSA) is 71.5 Å². The van der Waals surface area contributed by atoms with Crippen molar-refractivity contribution in [2.75, 3.05) is 65.1 Å². The van der Waals surface area contributed by atoms with Crippen LogP contribution < -0.4 is 19.7 Å². The lowest BCUT2D eigenvalue weighted by atomic mass is 10.2. The Morgan fingerprint density at radius 3 is 2.56 bits per heavy atom. The lowest BCUT2D eigenvalue weighted by Gasteiger charge is -2.38. The average molecular weight is 555 g/mol. The van der Waals surface area contributed by atoms with Gasteiger partial charge in [0.1, 0.15) is 12.4 Å². The maximum absolute atomic E-state index is 5.74. The van der Waals surface area contributed by atoms with Crippen LogP contribution in [0.4, 0.5) is 5.69 Å². The summed E-state index contributed by atoms with van der Waals surface area (Å²) >= 11 is 0. The Balaban J connectivity index is 0.00000363. The highest BCUT2D eigenvalue weighted by atomic mass is 127. The maximum atomic E-state index is 5.74. The number of anilines is 1. The number of nitrogens with one attached hydrogen (secondary N) is 1. The number of pyridine rings is 1. The van der Waals surface area contributed by atoms with E-state index in [9.17, 15) is 0 Å². The Labute approximate surface area is 208 Å². The zero-order valence-electron chi connectivity index (χ0n) is 19.1. The van der Waals surface area contributed by atoms with Crippen molar-refractivity contribution < 1.29 is 14.2 Å². The Hall–Kier alpha value is -2.27. The summed E-state index contributed by atoms with van der Waals surface area (Å²) < 4.78 is 16.3. The van der Waals surface area contributed by atoms with Gasteiger partial charge in [0.15, 0.2) is 5.96 Å². The second kappa shape index (κ2) is 14.0. The molecule has 1 aromatic heterocycles. The number of para-hydroxylation sites is 2. The highest BCUT2D eigenvalue weighted by Gasteiger charge is 2.21. The van der Waals surface area contributed by atoms with Crippen molar-refractivity contribution in [1.82, 2.24) is 15.2 Å². The van der Waals surface area contributed by atoms with Crippen molar-refractivity contribution in [3.05, 3.63) is 48.2 Å². The molecule has 0 saturated carbocycles. The first-order valence-corrected chi connectivity index (χ1v) is 10.7. The van der Waals surface area contributed by atoms with Crippen molar-refractivity contribution in [2.45, 2.75) is 13.5 Å². The molecule has 1 aliphatic rings. The fourth-order valence-corrected chi connectivity index (χ4v) is 3.53. The van der Waals surface area contributed by atoms with Gasteiger partial charge in [-0.3, -0.25) is 0 Å². The van der Waals surface area contributed by atoms with Crippen LogP contribution in [0.25, 0.3) is 0 Å². The minimum Gasteiger partial charge on any atom is -0.495 e. The van der Waals surface area contributed by atoms with Crippen molar-refractivity contribution in [2.24, 2.45) is 4.99 Å². The molecule has 2 aromatic rings. The van der Waals surface area contributed by atoms with E-state index >= 15 is 0 Å². The number of methoxy groups -OCH3 is 2. The minimum atomic E-state index is 0. The molecule has 0 bridgehead atoms. The highest BCUT2D eigenvalue weighted by Crippen LogP contribution is 2.28. The summed E-state index contributed by atoms with van der Waals surface area (Å²) in [7, 11) is 3.38. The lowest BCUT2D eigenvalue weighted by molar-refractivity contribution is 0.143. The van der Waals surface area contributed by atoms with Gasteiger partial charge in [-0.05, 0) is 25.1 Å². The van der Waals surface area contributed by atoms with E-state index in [1.807, 2.05) is 24.3 Å². The molecule has 3 rings (SSSR count). The predicted molar refractivity (Wildman–Crippen MR) is 139 cm³/mol. The molecule has 1 aromatic carbocycles. The van der Waals surface area contributed by atoms with Crippen molar-refractivity contribution >= 4 is 35.6 Å². The van der Waals surface area contributed by atoms with Crippen LogP contribution in [-0.2, 0) is 11.3 Å². The van der Waals surface area contributed by atoms with Gasteiger partial charge in [0, 0.05) is 51.6 Å². The Morgan fingerprint density at radius 2 is 1.84 bits per heavy atom. The first-order chi connectivity index (χ1) is 15.3. The number of hydrogen-bond acceptors (Lipinski definition) is 6. The zero-order valence-corrected chi connectivity index (χ0v) is 21.5. The third-order valence-corrected chi connectivity index (χ3v) is 5.12. The van der Waals surface area contributed by atoms with E-state index in [1.165, 1.54) is 0 Å². The van der Waals surface area contributed by atoms with Gasteiger partial charge in [0.25, 0.3) is 0 Å². The van der Waals surface area contributed by atoms with E-state index in [1.54, 1.807) is 20.4 Å². The standard InChI is InChI=1S/C23H33N5O3.HI/c1-4-24-23(26-18-19-8-7-11-25-22(19)31-17-16-29-2)28-14-12-27(13-15-28)20-9-5-6-10-21(20)30-3;/h5-11H,4,12-18H2,1-3H3,(H,24,26);1H. The van der Waals surface area contributed by atoms with E-state index in [0.29, 0.717) is 25.6 Å². The molecule has 1 saturated heterocycles. The van der Waals surface area contributed by atoms with Crippen LogP contribution in [0.1, 0.15) is 12.5 Å². The first kappa shape index (κ1) is 26.0. The Morgan fingerprint density at radius 1 is 1.06 bits per heavy atom. The second-order valence-electron chi connectivity index (χ2n) is 7.13. The Kier molecular flexibility index (Phi) is 11.4. The maximum Gasteiger partial charge on any atom is 0.218 e. The molecule has 0 radical (unpaired) electrons. The largest absolute Gasteiger partial charge is 0.495 e. The minimum absolute atomic E-state index is 0. The van der Waals surface area contributed by atoms with Crippen LogP contribution in [0.3, 0.4) is 0 Å². The van der Waals surface area contributed by atoms with Crippen molar-refractivity contribution in [3.63, 3.8) is 0 Å². The zero-order chi connectivity index (χ0) is 21.9. The predicted octanol–water partition coefficient (Wildman–Crippen LogP) is 3.02. The number of hydrogen-bond donors (Lipinski definition) is 1. The summed E-state index contributed by atoms with van der Waals surface area (Å²) in [6.07, 6.45) is 1.73. The number of aliphatic imine (C=N–C) groups is 1. The van der Waals surface area contributed by atoms with Gasteiger partial charge < -0.3 is 29.3 Å². The molecule has 8 nitrogen and oxygen atoms in total. The fraction of sp³-hybridized carbons (Fsp3) is 0.478. The number of benzene rings is 1. The Bertz CT molecular complexity index is 844. The highest BCUT2D eigenvalue weighted by molar-refractivity contribution is 14.0. The van der Waals surface area contributed by atoms with Gasteiger partial charge in [-0.1, -0.05) is 18.2 Å². The normalized spacial score (nSPS) is 14.0. The number of rotatable bonds is 9. The van der Waals surface area contributed by atoms with E-state index in [2.05, 4.69) is 39.2 Å². The quantitative estimate of drug-likeness (QED) is 0.221. The lowest BCUT2D eigenvalue weighted by Crippen LogP contribution is -2.52. The van der Waals surface area contributed by atoms with Crippen LogP contribution in [-0.4, -0.2) is 76.0 Å². The molecule has 0 aliphatic carbocycles. The number of ether oxygens (including phenoxy) is 3. The van der Waals surface area contributed by atoms with Crippen LogP contribution in [0.2, 0.25) is 0 Å². The van der Waals surface area contributed by atoms with Crippen LogP contribution in [0.15, 0.2) is 47.6 Å². The van der Waals surface area contributed by atoms with Gasteiger partial charge in [0.2, 0.25) is 5.88 Å². The first-order valence-electron chi connectivity index (χ1n) is 10.7. The molecule has 32 heavy (non-hydrogen) atoms. The van der Waals surface area contributed by atoms with E-state index in [-0.39, 0.29) is 24.0 Å². The van der Waals surface area contributed by atoms with Crippen LogP contribution in [0, 0.1) is 0 Å². The molecular weight excluding hydrogens is 521 g/mol. The van der Waals surface area contributed by atoms with Crippen molar-refractivity contribution in [1.29, 1.82) is 0 Å². The van der Waals surface area contributed by atoms with Gasteiger partial charge in [-0.2, -0.15) is 0 Å². The summed E-state index contributed by atoms with van der Waals surface area (Å²) in [4.78, 5) is 13.9. The molecule has 0 amide bonds. The summed E-state index contributed by atoms with van der Waals surface area (Å²) in [6.45, 7) is 7.98. The number of piperazine rings is 1. The van der Waals surface area contributed by atoms with E-state index < -0.39 is 0 Å². The molecule has 1 fully saturated rings. The molecule has 0 spiro atoms. The molecule has 0 unspecified atom stereocenters. The van der Waals surface area contributed by atoms with Gasteiger partial charge >= 0.3 is 0 Å².